The van der Waals surface area contributed by atoms with E-state index in [-0.39, 0.29) is 18.1 Å². The number of nitrogens with zero attached hydrogens (tertiary/aromatic N) is 3. The molecule has 0 aromatic carbocycles. The Kier molecular flexibility index (Phi) is 4.26. The highest BCUT2D eigenvalue weighted by Gasteiger charge is 2.40. The highest BCUT2D eigenvalue weighted by Crippen LogP contribution is 2.34. The van der Waals surface area contributed by atoms with Gasteiger partial charge in [-0.2, -0.15) is 0 Å². The zero-order valence-corrected chi connectivity index (χ0v) is 12.7. The van der Waals surface area contributed by atoms with E-state index in [1.165, 1.54) is 0 Å². The van der Waals surface area contributed by atoms with Gasteiger partial charge < -0.3 is 18.9 Å². The van der Waals surface area contributed by atoms with Crippen LogP contribution in [-0.2, 0) is 16.5 Å². The number of carbonyl (C=O) groups excluding carboxylic acids is 1. The molecule has 21 heavy (non-hydrogen) atoms. The Balaban J connectivity index is 1.79. The molecule has 1 aromatic rings. The molecule has 3 unspecified atom stereocenters. The average molecular weight is 293 g/mol. The normalized spacial score (nSPS) is 29.8. The van der Waals surface area contributed by atoms with Crippen LogP contribution >= 0.6 is 0 Å². The SMILES string of the molecule is COC1CCCC1C1COCCN1C(=O)c1cn(C)cn1. The Morgan fingerprint density at radius 1 is 1.48 bits per heavy atom. The van der Waals surface area contributed by atoms with Gasteiger partial charge in [-0.1, -0.05) is 6.42 Å². The largest absolute Gasteiger partial charge is 0.381 e. The van der Waals surface area contributed by atoms with E-state index in [4.69, 9.17) is 9.47 Å². The number of imidazole rings is 1. The molecule has 2 heterocycles. The first kappa shape index (κ1) is 14.5. The van der Waals surface area contributed by atoms with E-state index in [1.54, 1.807) is 24.2 Å². The first-order valence-electron chi connectivity index (χ1n) is 7.60. The van der Waals surface area contributed by atoms with Crippen LogP contribution in [0.5, 0.6) is 0 Å². The first-order valence-corrected chi connectivity index (χ1v) is 7.60. The smallest absolute Gasteiger partial charge is 0.274 e. The van der Waals surface area contributed by atoms with Crippen molar-refractivity contribution in [2.75, 3.05) is 26.9 Å². The Morgan fingerprint density at radius 3 is 3.05 bits per heavy atom. The van der Waals surface area contributed by atoms with E-state index in [1.807, 2.05) is 11.9 Å². The molecule has 0 radical (unpaired) electrons. The summed E-state index contributed by atoms with van der Waals surface area (Å²) >= 11 is 0. The number of hydrogen-bond donors (Lipinski definition) is 0. The molecule has 2 fully saturated rings. The van der Waals surface area contributed by atoms with E-state index in [0.29, 0.717) is 31.4 Å². The molecule has 6 heteroatoms. The number of methoxy groups -OCH3 is 1. The standard InChI is InChI=1S/C15H23N3O3/c1-17-8-12(16-10-17)15(19)18-6-7-21-9-13(18)11-4-3-5-14(11)20-2/h8,10-11,13-14H,3-7,9H2,1-2H3. The summed E-state index contributed by atoms with van der Waals surface area (Å²) in [5.41, 5.74) is 0.511. The molecule has 1 aromatic heterocycles. The molecule has 1 aliphatic carbocycles. The number of carbonyl (C=O) groups is 1. The van der Waals surface area contributed by atoms with Crippen LogP contribution in [0.3, 0.4) is 0 Å². The van der Waals surface area contributed by atoms with Gasteiger partial charge in [0, 0.05) is 32.8 Å². The zero-order chi connectivity index (χ0) is 14.8. The summed E-state index contributed by atoms with van der Waals surface area (Å²) in [5.74, 6) is 0.369. The summed E-state index contributed by atoms with van der Waals surface area (Å²) < 4.78 is 13.0. The van der Waals surface area contributed by atoms with Crippen LogP contribution in [0.1, 0.15) is 29.8 Å². The Bertz CT molecular complexity index is 502. The van der Waals surface area contributed by atoms with Gasteiger partial charge >= 0.3 is 0 Å². The fourth-order valence-electron chi connectivity index (χ4n) is 3.59. The fraction of sp³-hybridized carbons (Fsp3) is 0.733. The van der Waals surface area contributed by atoms with Gasteiger partial charge in [0.25, 0.3) is 5.91 Å². The van der Waals surface area contributed by atoms with Crippen molar-refractivity contribution in [3.63, 3.8) is 0 Å². The molecule has 3 rings (SSSR count). The lowest BCUT2D eigenvalue weighted by molar-refractivity contribution is -0.0462. The molecule has 1 saturated heterocycles. The Hall–Kier alpha value is -1.40. The monoisotopic (exact) mass is 293 g/mol. The molecule has 2 aliphatic rings. The van der Waals surface area contributed by atoms with Crippen molar-refractivity contribution in [2.45, 2.75) is 31.4 Å². The van der Waals surface area contributed by atoms with Crippen LogP contribution in [0.15, 0.2) is 12.5 Å². The van der Waals surface area contributed by atoms with Crippen molar-refractivity contribution in [3.05, 3.63) is 18.2 Å². The summed E-state index contributed by atoms with van der Waals surface area (Å²) in [6, 6.07) is 0.0979. The van der Waals surface area contributed by atoms with E-state index in [0.717, 1.165) is 19.3 Å². The molecule has 6 nitrogen and oxygen atoms in total. The summed E-state index contributed by atoms with van der Waals surface area (Å²) in [5, 5.41) is 0. The number of aryl methyl sites for hydroxylation is 1. The van der Waals surface area contributed by atoms with Crippen LogP contribution < -0.4 is 0 Å². The summed E-state index contributed by atoms with van der Waals surface area (Å²) in [6.45, 7) is 1.83. The number of morpholine rings is 1. The molecular formula is C15H23N3O3. The summed E-state index contributed by atoms with van der Waals surface area (Å²) in [7, 11) is 3.64. The topological polar surface area (TPSA) is 56.6 Å². The Morgan fingerprint density at radius 2 is 2.33 bits per heavy atom. The minimum absolute atomic E-state index is 0.00523. The van der Waals surface area contributed by atoms with Crippen molar-refractivity contribution in [1.29, 1.82) is 0 Å². The van der Waals surface area contributed by atoms with Crippen molar-refractivity contribution in [1.82, 2.24) is 14.5 Å². The zero-order valence-electron chi connectivity index (χ0n) is 12.7. The molecule has 0 spiro atoms. The highest BCUT2D eigenvalue weighted by molar-refractivity contribution is 5.92. The second-order valence-corrected chi connectivity index (χ2v) is 5.93. The number of amides is 1. The quantitative estimate of drug-likeness (QED) is 0.836. The molecule has 3 atom stereocenters. The number of rotatable bonds is 3. The van der Waals surface area contributed by atoms with Gasteiger partial charge in [-0.15, -0.1) is 0 Å². The van der Waals surface area contributed by atoms with Crippen molar-refractivity contribution < 1.29 is 14.3 Å². The molecule has 0 bridgehead atoms. The van der Waals surface area contributed by atoms with Crippen LogP contribution in [-0.4, -0.2) is 59.4 Å². The number of ether oxygens (including phenoxy) is 2. The number of aromatic nitrogens is 2. The van der Waals surface area contributed by atoms with E-state index in [2.05, 4.69) is 4.98 Å². The van der Waals surface area contributed by atoms with Crippen LogP contribution in [0.4, 0.5) is 0 Å². The highest BCUT2D eigenvalue weighted by atomic mass is 16.5. The molecule has 1 aliphatic heterocycles. The van der Waals surface area contributed by atoms with Gasteiger partial charge in [0.1, 0.15) is 5.69 Å². The van der Waals surface area contributed by atoms with Crippen molar-refractivity contribution in [3.8, 4) is 0 Å². The minimum atomic E-state index is 0.00523. The fourth-order valence-corrected chi connectivity index (χ4v) is 3.59. The van der Waals surface area contributed by atoms with E-state index >= 15 is 0 Å². The third-order valence-electron chi connectivity index (χ3n) is 4.65. The maximum Gasteiger partial charge on any atom is 0.274 e. The molecule has 0 N–H and O–H groups in total. The minimum Gasteiger partial charge on any atom is -0.381 e. The maximum absolute atomic E-state index is 12.7. The molecular weight excluding hydrogens is 270 g/mol. The van der Waals surface area contributed by atoms with Crippen LogP contribution in [0.25, 0.3) is 0 Å². The van der Waals surface area contributed by atoms with Crippen LogP contribution in [0, 0.1) is 5.92 Å². The third kappa shape index (κ3) is 2.82. The van der Waals surface area contributed by atoms with Gasteiger partial charge in [0.15, 0.2) is 0 Å². The predicted molar refractivity (Wildman–Crippen MR) is 77.0 cm³/mol. The molecule has 1 amide bonds. The first-order chi connectivity index (χ1) is 10.2. The lowest BCUT2D eigenvalue weighted by atomic mass is 9.94. The van der Waals surface area contributed by atoms with Gasteiger partial charge in [0.05, 0.1) is 31.7 Å². The second kappa shape index (κ2) is 6.15. The van der Waals surface area contributed by atoms with Gasteiger partial charge in [-0.3, -0.25) is 4.79 Å². The Labute approximate surface area is 125 Å². The predicted octanol–water partition coefficient (Wildman–Crippen LogP) is 1.08. The van der Waals surface area contributed by atoms with E-state index in [9.17, 15) is 4.79 Å². The molecule has 1 saturated carbocycles. The van der Waals surface area contributed by atoms with Gasteiger partial charge in [0.2, 0.25) is 0 Å². The third-order valence-corrected chi connectivity index (χ3v) is 4.65. The number of hydrogen-bond acceptors (Lipinski definition) is 4. The average Bonchev–Trinajstić information content (AvgIpc) is 3.15. The van der Waals surface area contributed by atoms with E-state index < -0.39 is 0 Å². The van der Waals surface area contributed by atoms with Crippen molar-refractivity contribution >= 4 is 5.91 Å². The summed E-state index contributed by atoms with van der Waals surface area (Å²) in [4.78, 5) is 18.9. The van der Waals surface area contributed by atoms with Crippen molar-refractivity contribution in [2.24, 2.45) is 13.0 Å². The lowest BCUT2D eigenvalue weighted by Crippen LogP contribution is -2.53. The van der Waals surface area contributed by atoms with Gasteiger partial charge in [-0.05, 0) is 12.8 Å². The second-order valence-electron chi connectivity index (χ2n) is 5.93. The lowest BCUT2D eigenvalue weighted by Gasteiger charge is -2.40. The van der Waals surface area contributed by atoms with Crippen LogP contribution in [0.2, 0.25) is 0 Å². The van der Waals surface area contributed by atoms with Gasteiger partial charge in [-0.25, -0.2) is 4.98 Å². The summed E-state index contributed by atoms with van der Waals surface area (Å²) in [6.07, 6.45) is 7.00. The molecule has 116 valence electrons. The maximum atomic E-state index is 12.7.